The number of nitrogens with one attached hydrogen (secondary N) is 1. The first-order valence-electron chi connectivity index (χ1n) is 8.84. The highest BCUT2D eigenvalue weighted by atomic mass is 32.2. The first-order valence-corrected chi connectivity index (χ1v) is 10.5. The molecule has 1 fully saturated rings. The second-order valence-electron chi connectivity index (χ2n) is 6.34. The highest BCUT2D eigenvalue weighted by Gasteiger charge is 2.31. The number of amides is 1. The summed E-state index contributed by atoms with van der Waals surface area (Å²) in [7, 11) is -1.57. The van der Waals surface area contributed by atoms with Crippen molar-refractivity contribution in [3.05, 3.63) is 29.8 Å². The van der Waals surface area contributed by atoms with Crippen molar-refractivity contribution in [2.75, 3.05) is 32.5 Å². The molecule has 0 bridgehead atoms. The van der Waals surface area contributed by atoms with E-state index in [4.69, 9.17) is 4.74 Å². The van der Waals surface area contributed by atoms with Gasteiger partial charge in [-0.15, -0.1) is 0 Å². The van der Waals surface area contributed by atoms with Crippen LogP contribution in [0, 0.1) is 5.92 Å². The zero-order chi connectivity index (χ0) is 18.3. The molecule has 0 aliphatic carbocycles. The number of ether oxygens (including phenoxy) is 1. The van der Waals surface area contributed by atoms with Gasteiger partial charge in [0.15, 0.2) is 0 Å². The molecule has 6 nitrogen and oxygen atoms in total. The topological polar surface area (TPSA) is 75.7 Å². The molecule has 1 aliphatic heterocycles. The summed E-state index contributed by atoms with van der Waals surface area (Å²) in [5.74, 6) is 0.645. The monoisotopic (exact) mass is 368 g/mol. The van der Waals surface area contributed by atoms with E-state index in [9.17, 15) is 13.2 Å². The standard InChI is InChI=1S/C18H28N2O4S/c1-3-25(22,23)20-13-5-7-16(14-20)18(21)19-12-4-6-15-8-10-17(24-2)11-9-15/h8-11,16H,3-7,12-14H2,1-2H3,(H,19,21)/t16-/m1/s1. The SMILES string of the molecule is CCS(=O)(=O)N1CCC[C@@H](C(=O)NCCCc2ccc(OC)cc2)C1. The minimum absolute atomic E-state index is 0.0364. The number of aryl methyl sites for hydroxylation is 1. The molecule has 0 spiro atoms. The van der Waals surface area contributed by atoms with E-state index in [0.29, 0.717) is 19.6 Å². The summed E-state index contributed by atoms with van der Waals surface area (Å²) in [6.07, 6.45) is 3.22. The summed E-state index contributed by atoms with van der Waals surface area (Å²) < 4.78 is 30.5. The van der Waals surface area contributed by atoms with Crippen LogP contribution in [0.15, 0.2) is 24.3 Å². The Morgan fingerprint density at radius 2 is 2.04 bits per heavy atom. The molecule has 1 heterocycles. The maximum absolute atomic E-state index is 12.3. The van der Waals surface area contributed by atoms with Gasteiger partial charge in [0.25, 0.3) is 0 Å². The Morgan fingerprint density at radius 3 is 2.68 bits per heavy atom. The van der Waals surface area contributed by atoms with Gasteiger partial charge in [-0.1, -0.05) is 12.1 Å². The van der Waals surface area contributed by atoms with Crippen molar-refractivity contribution in [2.24, 2.45) is 5.92 Å². The third-order valence-electron chi connectivity index (χ3n) is 4.61. The number of benzene rings is 1. The van der Waals surface area contributed by atoms with E-state index in [1.807, 2.05) is 24.3 Å². The Balaban J connectivity index is 1.74. The Morgan fingerprint density at radius 1 is 1.32 bits per heavy atom. The van der Waals surface area contributed by atoms with E-state index in [0.717, 1.165) is 31.4 Å². The summed E-state index contributed by atoms with van der Waals surface area (Å²) in [5.41, 5.74) is 1.20. The Kier molecular flexibility index (Phi) is 7.25. The van der Waals surface area contributed by atoms with Crippen molar-refractivity contribution < 1.29 is 17.9 Å². The molecular formula is C18H28N2O4S. The lowest BCUT2D eigenvalue weighted by Gasteiger charge is -2.30. The molecule has 1 aliphatic rings. The number of rotatable bonds is 8. The molecule has 0 saturated carbocycles. The molecule has 140 valence electrons. The predicted octanol–water partition coefficient (Wildman–Crippen LogP) is 1.81. The van der Waals surface area contributed by atoms with Crippen molar-refractivity contribution in [3.63, 3.8) is 0 Å². The first kappa shape index (κ1) is 19.7. The Hall–Kier alpha value is -1.60. The number of methoxy groups -OCH3 is 1. The molecule has 1 saturated heterocycles. The van der Waals surface area contributed by atoms with Crippen LogP contribution in [-0.2, 0) is 21.2 Å². The Labute approximate surface area is 150 Å². The van der Waals surface area contributed by atoms with Gasteiger partial charge in [-0.25, -0.2) is 12.7 Å². The fourth-order valence-electron chi connectivity index (χ4n) is 3.03. The second kappa shape index (κ2) is 9.20. The maximum atomic E-state index is 12.3. The molecule has 25 heavy (non-hydrogen) atoms. The van der Waals surface area contributed by atoms with Gasteiger partial charge in [0.05, 0.1) is 18.8 Å². The fraction of sp³-hybridized carbons (Fsp3) is 0.611. The lowest BCUT2D eigenvalue weighted by Crippen LogP contribution is -2.46. The minimum atomic E-state index is -3.21. The minimum Gasteiger partial charge on any atom is -0.497 e. The number of carbonyl (C=O) groups is 1. The van der Waals surface area contributed by atoms with Crippen LogP contribution in [0.25, 0.3) is 0 Å². The summed E-state index contributed by atoms with van der Waals surface area (Å²) in [6, 6.07) is 7.90. The average molecular weight is 368 g/mol. The van der Waals surface area contributed by atoms with Gasteiger partial charge in [-0.05, 0) is 50.3 Å². The van der Waals surface area contributed by atoms with Gasteiger partial charge in [0.2, 0.25) is 15.9 Å². The molecule has 1 N–H and O–H groups in total. The van der Waals surface area contributed by atoms with Crippen LogP contribution >= 0.6 is 0 Å². The fourth-order valence-corrected chi connectivity index (χ4v) is 4.21. The number of carbonyl (C=O) groups excluding carboxylic acids is 1. The largest absolute Gasteiger partial charge is 0.497 e. The normalized spacial score (nSPS) is 18.7. The van der Waals surface area contributed by atoms with Crippen molar-refractivity contribution in [1.82, 2.24) is 9.62 Å². The second-order valence-corrected chi connectivity index (χ2v) is 8.60. The van der Waals surface area contributed by atoms with Crippen molar-refractivity contribution in [2.45, 2.75) is 32.6 Å². The van der Waals surface area contributed by atoms with E-state index in [2.05, 4.69) is 5.32 Å². The van der Waals surface area contributed by atoms with Crippen LogP contribution in [-0.4, -0.2) is 51.1 Å². The Bertz CT molecular complexity index is 658. The van der Waals surface area contributed by atoms with E-state index >= 15 is 0 Å². The molecule has 1 aromatic carbocycles. The predicted molar refractivity (Wildman–Crippen MR) is 98.1 cm³/mol. The summed E-state index contributed by atoms with van der Waals surface area (Å²) in [4.78, 5) is 12.3. The highest BCUT2D eigenvalue weighted by Crippen LogP contribution is 2.19. The molecule has 1 aromatic rings. The van der Waals surface area contributed by atoms with Crippen LogP contribution in [0.5, 0.6) is 5.75 Å². The van der Waals surface area contributed by atoms with E-state index in [1.54, 1.807) is 14.0 Å². The average Bonchev–Trinajstić information content (AvgIpc) is 2.65. The van der Waals surface area contributed by atoms with Gasteiger partial charge in [0, 0.05) is 19.6 Å². The molecule has 7 heteroatoms. The maximum Gasteiger partial charge on any atom is 0.224 e. The molecule has 2 rings (SSSR count). The van der Waals surface area contributed by atoms with Crippen LogP contribution in [0.2, 0.25) is 0 Å². The number of piperidine rings is 1. The smallest absolute Gasteiger partial charge is 0.224 e. The van der Waals surface area contributed by atoms with Crippen LogP contribution in [0.1, 0.15) is 31.7 Å². The summed E-state index contributed by atoms with van der Waals surface area (Å²) >= 11 is 0. The lowest BCUT2D eigenvalue weighted by atomic mass is 9.99. The van der Waals surface area contributed by atoms with Gasteiger partial charge >= 0.3 is 0 Å². The van der Waals surface area contributed by atoms with Gasteiger partial charge in [-0.2, -0.15) is 0 Å². The van der Waals surface area contributed by atoms with Gasteiger partial charge < -0.3 is 10.1 Å². The van der Waals surface area contributed by atoms with Crippen LogP contribution in [0.4, 0.5) is 0 Å². The van der Waals surface area contributed by atoms with E-state index < -0.39 is 10.0 Å². The number of sulfonamides is 1. The third-order valence-corrected chi connectivity index (χ3v) is 6.46. The molecule has 1 amide bonds. The van der Waals surface area contributed by atoms with Gasteiger partial charge in [0.1, 0.15) is 5.75 Å². The van der Waals surface area contributed by atoms with Crippen molar-refractivity contribution in [3.8, 4) is 5.75 Å². The molecule has 0 unspecified atom stereocenters. The number of nitrogens with zero attached hydrogens (tertiary/aromatic N) is 1. The molecule has 0 aromatic heterocycles. The molecule has 1 atom stereocenters. The number of hydrogen-bond acceptors (Lipinski definition) is 4. The van der Waals surface area contributed by atoms with Crippen molar-refractivity contribution >= 4 is 15.9 Å². The van der Waals surface area contributed by atoms with E-state index in [-0.39, 0.29) is 17.6 Å². The third kappa shape index (κ3) is 5.71. The lowest BCUT2D eigenvalue weighted by molar-refractivity contribution is -0.126. The zero-order valence-corrected chi connectivity index (χ0v) is 15.8. The van der Waals surface area contributed by atoms with E-state index in [1.165, 1.54) is 9.87 Å². The quantitative estimate of drug-likeness (QED) is 0.710. The van der Waals surface area contributed by atoms with Gasteiger partial charge in [-0.3, -0.25) is 4.79 Å². The van der Waals surface area contributed by atoms with Crippen molar-refractivity contribution in [1.29, 1.82) is 0 Å². The number of hydrogen-bond donors (Lipinski definition) is 1. The van der Waals surface area contributed by atoms with Crippen LogP contribution < -0.4 is 10.1 Å². The highest BCUT2D eigenvalue weighted by molar-refractivity contribution is 7.89. The molecule has 0 radical (unpaired) electrons. The zero-order valence-electron chi connectivity index (χ0n) is 15.0. The summed E-state index contributed by atoms with van der Waals surface area (Å²) in [6.45, 7) is 3.07. The first-order chi connectivity index (χ1) is 12.0. The molecular weight excluding hydrogens is 340 g/mol. The van der Waals surface area contributed by atoms with Crippen LogP contribution in [0.3, 0.4) is 0 Å². The summed E-state index contributed by atoms with van der Waals surface area (Å²) in [5, 5.41) is 2.95.